The molecule has 1 saturated heterocycles. The summed E-state index contributed by atoms with van der Waals surface area (Å²) in [6.45, 7) is 3.94. The van der Waals surface area contributed by atoms with Crippen LogP contribution in [0.3, 0.4) is 0 Å². The Labute approximate surface area is 117 Å². The average Bonchev–Trinajstić information content (AvgIpc) is 3.22. The minimum Gasteiger partial charge on any atom is -0.311 e. The van der Waals surface area contributed by atoms with Crippen molar-refractivity contribution in [2.24, 2.45) is 29.6 Å². The zero-order valence-corrected chi connectivity index (χ0v) is 12.1. The Morgan fingerprint density at radius 1 is 0.842 bits per heavy atom. The van der Waals surface area contributed by atoms with E-state index < -0.39 is 0 Å². The van der Waals surface area contributed by atoms with Crippen molar-refractivity contribution >= 4 is 0 Å². The molecule has 2 heteroatoms. The predicted molar refractivity (Wildman–Crippen MR) is 76.9 cm³/mol. The van der Waals surface area contributed by atoms with Crippen LogP contribution in [0.15, 0.2) is 0 Å². The van der Waals surface area contributed by atoms with Gasteiger partial charge >= 0.3 is 0 Å². The van der Waals surface area contributed by atoms with Gasteiger partial charge in [0.15, 0.2) is 0 Å². The summed E-state index contributed by atoms with van der Waals surface area (Å²) in [5, 5.41) is 3.92. The zero-order valence-electron chi connectivity index (χ0n) is 12.1. The molecule has 1 N–H and O–H groups in total. The fourth-order valence-corrected chi connectivity index (χ4v) is 6.46. The Morgan fingerprint density at radius 2 is 1.53 bits per heavy atom. The minimum atomic E-state index is 0.837. The minimum absolute atomic E-state index is 0.837. The summed E-state index contributed by atoms with van der Waals surface area (Å²) in [7, 11) is 0. The lowest BCUT2D eigenvalue weighted by atomic mass is 9.50. The number of rotatable bonds is 2. The second kappa shape index (κ2) is 4.21. The molecule has 0 aromatic carbocycles. The van der Waals surface area contributed by atoms with Crippen molar-refractivity contribution in [3.8, 4) is 0 Å². The summed E-state index contributed by atoms with van der Waals surface area (Å²) in [6.07, 6.45) is 10.9. The molecule has 0 aromatic rings. The molecular formula is C17H28N2. The van der Waals surface area contributed by atoms with E-state index >= 15 is 0 Å². The Morgan fingerprint density at radius 3 is 2.16 bits per heavy atom. The smallest absolute Gasteiger partial charge is 0.0229 e. The molecule has 0 aromatic heterocycles. The van der Waals surface area contributed by atoms with E-state index in [0.717, 1.165) is 41.7 Å². The monoisotopic (exact) mass is 260 g/mol. The fraction of sp³-hybridized carbons (Fsp3) is 1.00. The highest BCUT2D eigenvalue weighted by molar-refractivity contribution is 5.03. The average molecular weight is 260 g/mol. The summed E-state index contributed by atoms with van der Waals surface area (Å²) in [5.41, 5.74) is 0. The molecule has 1 aliphatic heterocycles. The van der Waals surface area contributed by atoms with Crippen molar-refractivity contribution < 1.29 is 0 Å². The number of nitrogens with zero attached hydrogens (tertiary/aromatic N) is 1. The molecular weight excluding hydrogens is 232 g/mol. The number of hydrogen-bond donors (Lipinski definition) is 1. The molecule has 106 valence electrons. The standard InChI is InChI=1S/C17H28N2/c1-2-15(1)19-4-3-18-16(10-19)17-13-6-11-5-12(8-13)9-14(17)7-11/h11-18H,1-10H2. The van der Waals surface area contributed by atoms with Crippen LogP contribution in [-0.4, -0.2) is 36.6 Å². The highest BCUT2D eigenvalue weighted by atomic mass is 15.2. The van der Waals surface area contributed by atoms with Gasteiger partial charge in [0.05, 0.1) is 0 Å². The van der Waals surface area contributed by atoms with E-state index in [1.54, 1.807) is 32.1 Å². The first kappa shape index (κ1) is 11.6. The van der Waals surface area contributed by atoms with Crippen molar-refractivity contribution in [1.82, 2.24) is 10.2 Å². The van der Waals surface area contributed by atoms with Gasteiger partial charge in [0.1, 0.15) is 0 Å². The van der Waals surface area contributed by atoms with E-state index in [2.05, 4.69) is 10.2 Å². The Hall–Kier alpha value is -0.0800. The van der Waals surface area contributed by atoms with Crippen LogP contribution in [-0.2, 0) is 0 Å². The van der Waals surface area contributed by atoms with Gasteiger partial charge in [-0.15, -0.1) is 0 Å². The van der Waals surface area contributed by atoms with Crippen molar-refractivity contribution in [3.05, 3.63) is 0 Å². The molecule has 6 aliphatic rings. The third kappa shape index (κ3) is 1.90. The summed E-state index contributed by atoms with van der Waals surface area (Å²) >= 11 is 0. The van der Waals surface area contributed by atoms with Crippen LogP contribution in [0.2, 0.25) is 0 Å². The number of hydrogen-bond acceptors (Lipinski definition) is 2. The number of nitrogens with one attached hydrogen (secondary N) is 1. The molecule has 5 saturated carbocycles. The first-order valence-corrected chi connectivity index (χ1v) is 8.84. The molecule has 4 bridgehead atoms. The molecule has 1 atom stereocenters. The lowest BCUT2D eigenvalue weighted by Crippen LogP contribution is -2.60. The lowest BCUT2D eigenvalue weighted by molar-refractivity contribution is -0.0607. The van der Waals surface area contributed by atoms with Crippen molar-refractivity contribution in [1.29, 1.82) is 0 Å². The van der Waals surface area contributed by atoms with Gasteiger partial charge in [-0.3, -0.25) is 4.90 Å². The van der Waals surface area contributed by atoms with Crippen LogP contribution in [0.25, 0.3) is 0 Å². The van der Waals surface area contributed by atoms with Crippen LogP contribution in [0, 0.1) is 29.6 Å². The van der Waals surface area contributed by atoms with Gasteiger partial charge in [-0.2, -0.15) is 0 Å². The topological polar surface area (TPSA) is 15.3 Å². The van der Waals surface area contributed by atoms with Crippen LogP contribution in [0.5, 0.6) is 0 Å². The Balaban J connectivity index is 1.34. The maximum absolute atomic E-state index is 3.92. The van der Waals surface area contributed by atoms with E-state index in [0.29, 0.717) is 0 Å². The molecule has 1 unspecified atom stereocenters. The first-order chi connectivity index (χ1) is 9.37. The third-order valence-electron chi connectivity index (χ3n) is 7.06. The van der Waals surface area contributed by atoms with Crippen LogP contribution in [0.4, 0.5) is 0 Å². The van der Waals surface area contributed by atoms with Gasteiger partial charge in [0, 0.05) is 31.7 Å². The third-order valence-corrected chi connectivity index (χ3v) is 7.06. The van der Waals surface area contributed by atoms with Crippen molar-refractivity contribution in [2.75, 3.05) is 19.6 Å². The molecule has 0 amide bonds. The predicted octanol–water partition coefficient (Wildman–Crippen LogP) is 2.49. The molecule has 6 rings (SSSR count). The van der Waals surface area contributed by atoms with E-state index in [-0.39, 0.29) is 0 Å². The Bertz CT molecular complexity index is 334. The second-order valence-electron chi connectivity index (χ2n) is 8.29. The fourth-order valence-electron chi connectivity index (χ4n) is 6.46. The highest BCUT2D eigenvalue weighted by Gasteiger charge is 2.51. The molecule has 5 aliphatic carbocycles. The SMILES string of the molecule is C1CN(C2CC2)CC(C2C3CC4CC(C3)CC2C4)N1. The molecule has 1 heterocycles. The molecule has 2 nitrogen and oxygen atoms in total. The van der Waals surface area contributed by atoms with E-state index in [4.69, 9.17) is 0 Å². The van der Waals surface area contributed by atoms with Crippen LogP contribution >= 0.6 is 0 Å². The van der Waals surface area contributed by atoms with E-state index in [9.17, 15) is 0 Å². The van der Waals surface area contributed by atoms with Crippen molar-refractivity contribution in [3.63, 3.8) is 0 Å². The van der Waals surface area contributed by atoms with Crippen molar-refractivity contribution in [2.45, 2.75) is 57.0 Å². The zero-order chi connectivity index (χ0) is 12.4. The maximum atomic E-state index is 3.92. The van der Waals surface area contributed by atoms with Crippen LogP contribution < -0.4 is 5.32 Å². The van der Waals surface area contributed by atoms with Gasteiger partial charge in [-0.25, -0.2) is 0 Å². The Kier molecular flexibility index (Phi) is 2.56. The number of piperazine rings is 1. The first-order valence-electron chi connectivity index (χ1n) is 8.84. The van der Waals surface area contributed by atoms with E-state index in [1.165, 1.54) is 32.5 Å². The normalized spacial score (nSPS) is 53.7. The summed E-state index contributed by atoms with van der Waals surface area (Å²) < 4.78 is 0. The highest BCUT2D eigenvalue weighted by Crippen LogP contribution is 2.57. The van der Waals surface area contributed by atoms with Gasteiger partial charge in [-0.1, -0.05) is 0 Å². The largest absolute Gasteiger partial charge is 0.311 e. The summed E-state index contributed by atoms with van der Waals surface area (Å²) in [6, 6.07) is 1.81. The maximum Gasteiger partial charge on any atom is 0.0229 e. The van der Waals surface area contributed by atoms with Crippen LogP contribution in [0.1, 0.15) is 44.9 Å². The molecule has 0 radical (unpaired) electrons. The van der Waals surface area contributed by atoms with Gasteiger partial charge in [0.2, 0.25) is 0 Å². The quantitative estimate of drug-likeness (QED) is 0.820. The molecule has 0 spiro atoms. The second-order valence-corrected chi connectivity index (χ2v) is 8.29. The van der Waals surface area contributed by atoms with E-state index in [1.807, 2.05) is 0 Å². The van der Waals surface area contributed by atoms with Gasteiger partial charge in [-0.05, 0) is 74.5 Å². The van der Waals surface area contributed by atoms with Gasteiger partial charge < -0.3 is 5.32 Å². The van der Waals surface area contributed by atoms with Gasteiger partial charge in [0.25, 0.3) is 0 Å². The molecule has 6 fully saturated rings. The molecule has 19 heavy (non-hydrogen) atoms. The summed E-state index contributed by atoms with van der Waals surface area (Å²) in [4.78, 5) is 2.81. The lowest BCUT2D eigenvalue weighted by Gasteiger charge is -2.57. The summed E-state index contributed by atoms with van der Waals surface area (Å²) in [5.74, 6) is 5.47.